The topological polar surface area (TPSA) is 18.5 Å². The maximum Gasteiger partial charge on any atom is 0.0624 e. The minimum absolute atomic E-state index is 0.342. The summed E-state index contributed by atoms with van der Waals surface area (Å²) in [5.41, 5.74) is 0. The molecule has 2 nitrogen and oxygen atoms in total. The zero-order valence-electron chi connectivity index (χ0n) is 10.7. The Morgan fingerprint density at radius 3 is 2.44 bits per heavy atom. The van der Waals surface area contributed by atoms with Gasteiger partial charge in [0.1, 0.15) is 0 Å². The third-order valence-electron chi connectivity index (χ3n) is 3.22. The Bertz CT molecular complexity index is 177. The fourth-order valence-electron chi connectivity index (χ4n) is 2.25. The van der Waals surface area contributed by atoms with Gasteiger partial charge < -0.3 is 9.47 Å². The van der Waals surface area contributed by atoms with Crippen molar-refractivity contribution in [2.45, 2.75) is 64.8 Å². The summed E-state index contributed by atoms with van der Waals surface area (Å²) < 4.78 is 11.6. The lowest BCUT2D eigenvalue weighted by Crippen LogP contribution is -2.34. The lowest BCUT2D eigenvalue weighted by atomic mass is 10.0. The number of ether oxygens (including phenoxy) is 2. The first-order chi connectivity index (χ1) is 7.61. The highest BCUT2D eigenvalue weighted by molar-refractivity contribution is 6.17. The summed E-state index contributed by atoms with van der Waals surface area (Å²) in [5, 5.41) is 0. The lowest BCUT2D eigenvalue weighted by molar-refractivity contribution is -0.103. The van der Waals surface area contributed by atoms with E-state index in [1.54, 1.807) is 0 Å². The molecule has 16 heavy (non-hydrogen) atoms. The fourth-order valence-corrected chi connectivity index (χ4v) is 2.62. The van der Waals surface area contributed by atoms with Crippen LogP contribution in [0.1, 0.15) is 46.5 Å². The first-order valence-corrected chi connectivity index (χ1v) is 6.98. The van der Waals surface area contributed by atoms with Crippen molar-refractivity contribution >= 4 is 11.6 Å². The Labute approximate surface area is 105 Å². The summed E-state index contributed by atoms with van der Waals surface area (Å²) in [6.45, 7) is 7.35. The van der Waals surface area contributed by atoms with Crippen molar-refractivity contribution in [1.29, 1.82) is 0 Å². The third kappa shape index (κ3) is 5.51. The monoisotopic (exact) mass is 248 g/mol. The Hall–Kier alpha value is 0.210. The number of alkyl halides is 1. The molecule has 1 heterocycles. The molecule has 0 aromatic carbocycles. The van der Waals surface area contributed by atoms with Crippen LogP contribution >= 0.6 is 11.6 Å². The first kappa shape index (κ1) is 14.3. The van der Waals surface area contributed by atoms with Crippen molar-refractivity contribution in [2.24, 2.45) is 5.92 Å². The van der Waals surface area contributed by atoms with Crippen molar-refractivity contribution in [3.63, 3.8) is 0 Å². The molecule has 3 heteroatoms. The van der Waals surface area contributed by atoms with Gasteiger partial charge in [0.2, 0.25) is 0 Å². The van der Waals surface area contributed by atoms with E-state index in [4.69, 9.17) is 21.1 Å². The van der Waals surface area contributed by atoms with E-state index in [-0.39, 0.29) is 0 Å². The van der Waals surface area contributed by atoms with E-state index in [1.807, 2.05) is 0 Å². The standard InChI is InChI=1S/C13H25ClO2/c1-10(4-6-14)5-7-15-13-8-11(2)16-12(3)9-13/h10-13H,4-9H2,1-3H3. The average Bonchev–Trinajstić information content (AvgIpc) is 2.16. The SMILES string of the molecule is CC(CCCl)CCOC1CC(C)OC(C)C1. The maximum absolute atomic E-state index is 5.92. The second kappa shape index (κ2) is 7.52. The van der Waals surface area contributed by atoms with Gasteiger partial charge in [-0.2, -0.15) is 0 Å². The molecule has 0 aromatic heterocycles. The van der Waals surface area contributed by atoms with Crippen LogP contribution in [0.2, 0.25) is 0 Å². The number of rotatable bonds is 6. The molecule has 0 spiro atoms. The Balaban J connectivity index is 2.12. The van der Waals surface area contributed by atoms with E-state index >= 15 is 0 Å². The van der Waals surface area contributed by atoms with Gasteiger partial charge in [-0.05, 0) is 45.4 Å². The van der Waals surface area contributed by atoms with E-state index in [0.29, 0.717) is 24.2 Å². The van der Waals surface area contributed by atoms with Crippen molar-refractivity contribution in [1.82, 2.24) is 0 Å². The highest BCUT2D eigenvalue weighted by Crippen LogP contribution is 2.22. The fraction of sp³-hybridized carbons (Fsp3) is 1.00. The quantitative estimate of drug-likeness (QED) is 0.669. The van der Waals surface area contributed by atoms with Gasteiger partial charge in [-0.3, -0.25) is 0 Å². The molecule has 0 aliphatic carbocycles. The van der Waals surface area contributed by atoms with Gasteiger partial charge in [-0.1, -0.05) is 6.92 Å². The average molecular weight is 249 g/mol. The molecule has 0 saturated carbocycles. The predicted octanol–water partition coefficient (Wildman–Crippen LogP) is 3.61. The molecular formula is C13H25ClO2. The molecule has 1 aliphatic heterocycles. The number of hydrogen-bond donors (Lipinski definition) is 0. The molecule has 1 aliphatic rings. The van der Waals surface area contributed by atoms with Gasteiger partial charge in [0.25, 0.3) is 0 Å². The zero-order chi connectivity index (χ0) is 12.0. The van der Waals surface area contributed by atoms with Crippen LogP contribution in [0.3, 0.4) is 0 Å². The molecular weight excluding hydrogens is 224 g/mol. The van der Waals surface area contributed by atoms with E-state index in [9.17, 15) is 0 Å². The molecule has 3 atom stereocenters. The van der Waals surface area contributed by atoms with Crippen LogP contribution in [-0.4, -0.2) is 30.8 Å². The van der Waals surface area contributed by atoms with E-state index in [0.717, 1.165) is 38.2 Å². The Morgan fingerprint density at radius 2 is 1.88 bits per heavy atom. The molecule has 1 fully saturated rings. The van der Waals surface area contributed by atoms with E-state index in [2.05, 4.69) is 20.8 Å². The summed E-state index contributed by atoms with van der Waals surface area (Å²) in [6.07, 6.45) is 5.35. The van der Waals surface area contributed by atoms with Gasteiger partial charge in [0.05, 0.1) is 18.3 Å². The minimum Gasteiger partial charge on any atom is -0.378 e. The molecule has 0 radical (unpaired) electrons. The Kier molecular flexibility index (Phi) is 6.71. The third-order valence-corrected chi connectivity index (χ3v) is 3.44. The molecule has 96 valence electrons. The lowest BCUT2D eigenvalue weighted by Gasteiger charge is -2.32. The van der Waals surface area contributed by atoms with Crippen molar-refractivity contribution in [2.75, 3.05) is 12.5 Å². The second-order valence-corrected chi connectivity index (χ2v) is 5.47. The van der Waals surface area contributed by atoms with Gasteiger partial charge >= 0.3 is 0 Å². The summed E-state index contributed by atoms with van der Waals surface area (Å²) in [6, 6.07) is 0. The van der Waals surface area contributed by atoms with Crippen LogP contribution in [-0.2, 0) is 9.47 Å². The molecule has 3 unspecified atom stereocenters. The predicted molar refractivity (Wildman–Crippen MR) is 68.1 cm³/mol. The summed E-state index contributed by atoms with van der Waals surface area (Å²) >= 11 is 5.70. The minimum atomic E-state index is 0.342. The van der Waals surface area contributed by atoms with Crippen LogP contribution in [0.4, 0.5) is 0 Å². The van der Waals surface area contributed by atoms with Crippen molar-refractivity contribution in [3.8, 4) is 0 Å². The van der Waals surface area contributed by atoms with Crippen LogP contribution in [0, 0.1) is 5.92 Å². The van der Waals surface area contributed by atoms with Crippen LogP contribution < -0.4 is 0 Å². The number of halogens is 1. The molecule has 0 aromatic rings. The Morgan fingerprint density at radius 1 is 1.25 bits per heavy atom. The molecule has 0 N–H and O–H groups in total. The highest BCUT2D eigenvalue weighted by Gasteiger charge is 2.24. The molecule has 0 bridgehead atoms. The molecule has 0 amide bonds. The summed E-state index contributed by atoms with van der Waals surface area (Å²) in [4.78, 5) is 0. The van der Waals surface area contributed by atoms with Crippen molar-refractivity contribution in [3.05, 3.63) is 0 Å². The molecule has 1 rings (SSSR count). The second-order valence-electron chi connectivity index (χ2n) is 5.09. The van der Waals surface area contributed by atoms with E-state index in [1.165, 1.54) is 0 Å². The normalized spacial score (nSPS) is 32.6. The van der Waals surface area contributed by atoms with Crippen molar-refractivity contribution < 1.29 is 9.47 Å². The van der Waals surface area contributed by atoms with Gasteiger partial charge in [-0.25, -0.2) is 0 Å². The molecule has 1 saturated heterocycles. The zero-order valence-corrected chi connectivity index (χ0v) is 11.5. The van der Waals surface area contributed by atoms with Gasteiger partial charge in [0, 0.05) is 12.5 Å². The van der Waals surface area contributed by atoms with Crippen LogP contribution in [0.25, 0.3) is 0 Å². The largest absolute Gasteiger partial charge is 0.378 e. The van der Waals surface area contributed by atoms with E-state index < -0.39 is 0 Å². The van der Waals surface area contributed by atoms with Crippen LogP contribution in [0.5, 0.6) is 0 Å². The van der Waals surface area contributed by atoms with Crippen LogP contribution in [0.15, 0.2) is 0 Å². The summed E-state index contributed by atoms with van der Waals surface area (Å²) in [5.74, 6) is 1.43. The number of hydrogen-bond acceptors (Lipinski definition) is 2. The first-order valence-electron chi connectivity index (χ1n) is 6.44. The van der Waals surface area contributed by atoms with Gasteiger partial charge in [0.15, 0.2) is 0 Å². The van der Waals surface area contributed by atoms with Gasteiger partial charge in [-0.15, -0.1) is 11.6 Å². The maximum atomic E-state index is 5.92. The smallest absolute Gasteiger partial charge is 0.0624 e. The summed E-state index contributed by atoms with van der Waals surface area (Å²) in [7, 11) is 0. The highest BCUT2D eigenvalue weighted by atomic mass is 35.5.